The molecule has 0 bridgehead atoms. The summed E-state index contributed by atoms with van der Waals surface area (Å²) in [5, 5.41) is 0. The highest BCUT2D eigenvalue weighted by Crippen LogP contribution is 2.36. The zero-order valence-corrected chi connectivity index (χ0v) is 5.63. The van der Waals surface area contributed by atoms with E-state index in [1.165, 1.54) is 0 Å². The quantitative estimate of drug-likeness (QED) is 0.541. The van der Waals surface area contributed by atoms with Crippen LogP contribution < -0.4 is 9.47 Å². The molecule has 1 aromatic carbocycles. The summed E-state index contributed by atoms with van der Waals surface area (Å²) in [5.41, 5.74) is 0. The van der Waals surface area contributed by atoms with Crippen molar-refractivity contribution in [3.05, 3.63) is 30.6 Å². The van der Waals surface area contributed by atoms with Crippen LogP contribution in [-0.2, 0) is 0 Å². The van der Waals surface area contributed by atoms with Gasteiger partial charge in [0.05, 0.1) is 0 Å². The van der Waals surface area contributed by atoms with Crippen LogP contribution in [0.1, 0.15) is 6.92 Å². The molecule has 0 spiro atoms. The highest BCUT2D eigenvalue weighted by atomic mass is 16.7. The lowest BCUT2D eigenvalue weighted by Crippen LogP contribution is -1.99. The molecule has 2 nitrogen and oxygen atoms in total. The Morgan fingerprint density at radius 1 is 1.00 bits per heavy atom. The zero-order valence-electron chi connectivity index (χ0n) is 5.63. The third-order valence-electron chi connectivity index (χ3n) is 1.36. The Labute approximate surface area is 59.4 Å². The molecule has 1 aliphatic rings. The highest BCUT2D eigenvalue weighted by molar-refractivity contribution is 5.42. The fourth-order valence-electron chi connectivity index (χ4n) is 0.949. The van der Waals surface area contributed by atoms with Crippen molar-refractivity contribution in [1.29, 1.82) is 0 Å². The number of fused-ring (bicyclic) bond motifs is 1. The van der Waals surface area contributed by atoms with Gasteiger partial charge in [-0.1, -0.05) is 12.1 Å². The number of benzene rings is 1. The van der Waals surface area contributed by atoms with Gasteiger partial charge in [-0.3, -0.25) is 0 Å². The number of hydrogen-bond acceptors (Lipinski definition) is 2. The van der Waals surface area contributed by atoms with Gasteiger partial charge in [-0.05, 0) is 12.1 Å². The predicted molar refractivity (Wildman–Crippen MR) is 36.6 cm³/mol. The van der Waals surface area contributed by atoms with Gasteiger partial charge in [-0.15, -0.1) is 0 Å². The Morgan fingerprint density at radius 3 is 2.00 bits per heavy atom. The van der Waals surface area contributed by atoms with Gasteiger partial charge in [0, 0.05) is 6.92 Å². The molecule has 1 aliphatic heterocycles. The Bertz CT molecular complexity index is 220. The zero-order chi connectivity index (χ0) is 6.97. The monoisotopic (exact) mass is 135 g/mol. The van der Waals surface area contributed by atoms with E-state index in [-0.39, 0.29) is 0 Å². The SMILES string of the molecule is C[C]1Oc2ccccc2O1. The van der Waals surface area contributed by atoms with E-state index in [1.54, 1.807) is 6.92 Å². The van der Waals surface area contributed by atoms with Crippen LogP contribution in [0.5, 0.6) is 11.5 Å². The summed E-state index contributed by atoms with van der Waals surface area (Å²) < 4.78 is 10.4. The van der Waals surface area contributed by atoms with E-state index in [4.69, 9.17) is 9.47 Å². The summed E-state index contributed by atoms with van der Waals surface area (Å²) in [6.45, 7) is 1.79. The average Bonchev–Trinajstić information content (AvgIpc) is 2.27. The largest absolute Gasteiger partial charge is 0.442 e. The van der Waals surface area contributed by atoms with Crippen LogP contribution in [0.15, 0.2) is 24.3 Å². The summed E-state index contributed by atoms with van der Waals surface area (Å²) >= 11 is 0. The van der Waals surface area contributed by atoms with Gasteiger partial charge in [0.2, 0.25) is 0 Å². The Hall–Kier alpha value is -1.18. The third kappa shape index (κ3) is 0.727. The lowest BCUT2D eigenvalue weighted by molar-refractivity contribution is 0.187. The summed E-state index contributed by atoms with van der Waals surface area (Å²) in [7, 11) is 0. The highest BCUT2D eigenvalue weighted by Gasteiger charge is 2.20. The van der Waals surface area contributed by atoms with Crippen molar-refractivity contribution >= 4 is 0 Å². The van der Waals surface area contributed by atoms with Crippen molar-refractivity contribution in [3.63, 3.8) is 0 Å². The molecular weight excluding hydrogens is 128 g/mol. The summed E-state index contributed by atoms with van der Waals surface area (Å²) in [5.74, 6) is 1.61. The normalized spacial score (nSPS) is 15.7. The topological polar surface area (TPSA) is 18.5 Å². The van der Waals surface area contributed by atoms with Gasteiger partial charge in [0.25, 0.3) is 0 Å². The molecule has 51 valence electrons. The summed E-state index contributed by atoms with van der Waals surface area (Å²) in [6, 6.07) is 7.60. The first-order chi connectivity index (χ1) is 4.86. The third-order valence-corrected chi connectivity index (χ3v) is 1.36. The van der Waals surface area contributed by atoms with Crippen molar-refractivity contribution in [2.24, 2.45) is 0 Å². The van der Waals surface area contributed by atoms with Gasteiger partial charge in [0.1, 0.15) is 0 Å². The Morgan fingerprint density at radius 2 is 1.50 bits per heavy atom. The van der Waals surface area contributed by atoms with Crippen molar-refractivity contribution in [2.75, 3.05) is 0 Å². The predicted octanol–water partition coefficient (Wildman–Crippen LogP) is 1.97. The van der Waals surface area contributed by atoms with Crippen LogP contribution >= 0.6 is 0 Å². The van der Waals surface area contributed by atoms with Crippen molar-refractivity contribution in [2.45, 2.75) is 6.92 Å². The lowest BCUT2D eigenvalue weighted by Gasteiger charge is -1.96. The Balaban J connectivity index is 2.42. The number of para-hydroxylation sites is 2. The smallest absolute Gasteiger partial charge is 0.326 e. The van der Waals surface area contributed by atoms with Crippen LogP contribution in [0.25, 0.3) is 0 Å². The molecule has 2 rings (SSSR count). The second-order valence-corrected chi connectivity index (χ2v) is 2.14. The molecule has 0 N–H and O–H groups in total. The van der Waals surface area contributed by atoms with Crippen LogP contribution in [0.3, 0.4) is 0 Å². The molecule has 0 aliphatic carbocycles. The fourth-order valence-corrected chi connectivity index (χ4v) is 0.949. The molecule has 10 heavy (non-hydrogen) atoms. The molecule has 1 heterocycles. The summed E-state index contributed by atoms with van der Waals surface area (Å²) in [4.78, 5) is 0. The Kier molecular flexibility index (Phi) is 1.07. The average molecular weight is 135 g/mol. The van der Waals surface area contributed by atoms with E-state index in [0.29, 0.717) is 6.29 Å². The summed E-state index contributed by atoms with van der Waals surface area (Å²) in [6.07, 6.45) is 0.598. The van der Waals surface area contributed by atoms with E-state index in [0.717, 1.165) is 11.5 Å². The first-order valence-corrected chi connectivity index (χ1v) is 3.14. The van der Waals surface area contributed by atoms with Crippen molar-refractivity contribution in [3.8, 4) is 11.5 Å². The molecule has 1 radical (unpaired) electrons. The van der Waals surface area contributed by atoms with Gasteiger partial charge >= 0.3 is 6.29 Å². The second-order valence-electron chi connectivity index (χ2n) is 2.14. The molecule has 0 saturated carbocycles. The van der Waals surface area contributed by atoms with Crippen molar-refractivity contribution in [1.82, 2.24) is 0 Å². The minimum Gasteiger partial charge on any atom is -0.442 e. The first kappa shape index (κ1) is 5.59. The number of hydrogen-bond donors (Lipinski definition) is 0. The molecule has 1 aromatic rings. The fraction of sp³-hybridized carbons (Fsp3) is 0.125. The lowest BCUT2D eigenvalue weighted by atomic mass is 10.3. The number of ether oxygens (including phenoxy) is 2. The minimum absolute atomic E-state index is 0.598. The van der Waals surface area contributed by atoms with Crippen molar-refractivity contribution < 1.29 is 9.47 Å². The van der Waals surface area contributed by atoms with Crippen LogP contribution in [0, 0.1) is 6.29 Å². The molecular formula is C8H7O2. The minimum atomic E-state index is 0.598. The maximum Gasteiger partial charge on any atom is 0.326 e. The molecule has 2 heteroatoms. The van der Waals surface area contributed by atoms with Gasteiger partial charge in [-0.2, -0.15) is 0 Å². The number of rotatable bonds is 0. The molecule has 0 saturated heterocycles. The molecule has 0 amide bonds. The van der Waals surface area contributed by atoms with E-state index in [1.807, 2.05) is 24.3 Å². The van der Waals surface area contributed by atoms with Crippen LogP contribution in [0.4, 0.5) is 0 Å². The molecule has 0 aromatic heterocycles. The van der Waals surface area contributed by atoms with Gasteiger partial charge in [-0.25, -0.2) is 0 Å². The maximum absolute atomic E-state index is 5.20. The second kappa shape index (κ2) is 1.90. The van der Waals surface area contributed by atoms with E-state index in [9.17, 15) is 0 Å². The molecule has 0 atom stereocenters. The standard InChI is InChI=1S/C8H7O2/c1-6-9-7-4-2-3-5-8(7)10-6/h2-5H,1H3. The first-order valence-electron chi connectivity index (χ1n) is 3.14. The van der Waals surface area contributed by atoms with Crippen LogP contribution in [-0.4, -0.2) is 0 Å². The van der Waals surface area contributed by atoms with E-state index < -0.39 is 0 Å². The van der Waals surface area contributed by atoms with Gasteiger partial charge in [0.15, 0.2) is 11.5 Å². The van der Waals surface area contributed by atoms with E-state index >= 15 is 0 Å². The molecule has 0 fully saturated rings. The van der Waals surface area contributed by atoms with Gasteiger partial charge < -0.3 is 9.47 Å². The van der Waals surface area contributed by atoms with E-state index in [2.05, 4.69) is 0 Å². The molecule has 0 unspecified atom stereocenters. The maximum atomic E-state index is 5.20. The van der Waals surface area contributed by atoms with Crippen LogP contribution in [0.2, 0.25) is 0 Å².